The predicted octanol–water partition coefficient (Wildman–Crippen LogP) is 2.92. The minimum absolute atomic E-state index is 0.0951. The van der Waals surface area contributed by atoms with Gasteiger partial charge in [0.1, 0.15) is 23.6 Å². The number of alkyl halides is 3. The van der Waals surface area contributed by atoms with Crippen molar-refractivity contribution in [1.29, 1.82) is 0 Å². The van der Waals surface area contributed by atoms with Gasteiger partial charge in [-0.3, -0.25) is 4.79 Å². The van der Waals surface area contributed by atoms with E-state index in [0.717, 1.165) is 24.3 Å². The lowest BCUT2D eigenvalue weighted by atomic mass is 10.2. The highest BCUT2D eigenvalue weighted by atomic mass is 35.5. The number of aliphatic hydroxyl groups is 1. The van der Waals surface area contributed by atoms with Gasteiger partial charge in [0.05, 0.1) is 11.1 Å². The van der Waals surface area contributed by atoms with Crippen molar-refractivity contribution in [1.82, 2.24) is 10.3 Å². The first-order chi connectivity index (χ1) is 11.8. The lowest BCUT2D eigenvalue weighted by Crippen LogP contribution is -2.35. The summed E-state index contributed by atoms with van der Waals surface area (Å²) in [7, 11) is 0. The fourth-order valence-corrected chi connectivity index (χ4v) is 1.93. The third-order valence-electron chi connectivity index (χ3n) is 3.11. The molecule has 0 bridgehead atoms. The second-order valence-electron chi connectivity index (χ2n) is 5.07. The van der Waals surface area contributed by atoms with Crippen molar-refractivity contribution in [3.63, 3.8) is 0 Å². The Hall–Kier alpha value is -2.32. The molecule has 2 rings (SSSR count). The largest absolute Gasteiger partial charge is 0.491 e. The Balaban J connectivity index is 1.77. The second kappa shape index (κ2) is 8.17. The predicted molar refractivity (Wildman–Crippen MR) is 84.5 cm³/mol. The van der Waals surface area contributed by atoms with Crippen LogP contribution in [0.2, 0.25) is 5.15 Å². The molecule has 25 heavy (non-hydrogen) atoms. The Morgan fingerprint density at radius 2 is 1.92 bits per heavy atom. The maximum absolute atomic E-state index is 12.4. The van der Waals surface area contributed by atoms with E-state index in [1.54, 1.807) is 0 Å². The van der Waals surface area contributed by atoms with Gasteiger partial charge in [-0.1, -0.05) is 11.6 Å². The molecular weight excluding hydrogens is 361 g/mol. The quantitative estimate of drug-likeness (QED) is 0.763. The van der Waals surface area contributed by atoms with Gasteiger partial charge in [-0.05, 0) is 36.4 Å². The second-order valence-corrected chi connectivity index (χ2v) is 5.45. The molecule has 0 radical (unpaired) electrons. The zero-order chi connectivity index (χ0) is 18.4. The van der Waals surface area contributed by atoms with E-state index < -0.39 is 23.8 Å². The number of benzene rings is 1. The number of halogens is 4. The van der Waals surface area contributed by atoms with Crippen molar-refractivity contribution >= 4 is 17.5 Å². The van der Waals surface area contributed by atoms with E-state index in [0.29, 0.717) is 0 Å². The minimum Gasteiger partial charge on any atom is -0.491 e. The molecule has 134 valence electrons. The summed E-state index contributed by atoms with van der Waals surface area (Å²) in [5.41, 5.74) is -0.510. The van der Waals surface area contributed by atoms with Crippen LogP contribution in [0.4, 0.5) is 13.2 Å². The van der Waals surface area contributed by atoms with Crippen LogP contribution in [0.3, 0.4) is 0 Å². The van der Waals surface area contributed by atoms with E-state index in [1.807, 2.05) is 0 Å². The van der Waals surface area contributed by atoms with Crippen LogP contribution in [0.15, 0.2) is 42.6 Å². The highest BCUT2D eigenvalue weighted by molar-refractivity contribution is 6.29. The highest BCUT2D eigenvalue weighted by Gasteiger charge is 2.30. The van der Waals surface area contributed by atoms with Gasteiger partial charge in [-0.25, -0.2) is 4.98 Å². The summed E-state index contributed by atoms with van der Waals surface area (Å²) < 4.78 is 42.5. The lowest BCUT2D eigenvalue weighted by Gasteiger charge is -2.14. The topological polar surface area (TPSA) is 71.5 Å². The van der Waals surface area contributed by atoms with Crippen LogP contribution < -0.4 is 10.1 Å². The number of hydrogen-bond donors (Lipinski definition) is 2. The van der Waals surface area contributed by atoms with E-state index in [4.69, 9.17) is 16.3 Å². The molecule has 0 spiro atoms. The van der Waals surface area contributed by atoms with Crippen LogP contribution in [0, 0.1) is 0 Å². The van der Waals surface area contributed by atoms with Crippen molar-refractivity contribution in [2.45, 2.75) is 12.3 Å². The van der Waals surface area contributed by atoms with Crippen molar-refractivity contribution < 1.29 is 27.8 Å². The number of amides is 1. The molecular formula is C16H14ClF3N2O3. The first-order valence-electron chi connectivity index (χ1n) is 7.13. The van der Waals surface area contributed by atoms with Gasteiger partial charge in [0.2, 0.25) is 0 Å². The Morgan fingerprint density at radius 1 is 1.24 bits per heavy atom. The van der Waals surface area contributed by atoms with Gasteiger partial charge in [-0.15, -0.1) is 0 Å². The van der Waals surface area contributed by atoms with Gasteiger partial charge in [0.15, 0.2) is 0 Å². The van der Waals surface area contributed by atoms with Gasteiger partial charge in [0, 0.05) is 12.7 Å². The molecule has 0 aliphatic rings. The summed E-state index contributed by atoms with van der Waals surface area (Å²) in [6, 6.07) is 7.03. The molecule has 1 aromatic carbocycles. The van der Waals surface area contributed by atoms with E-state index in [2.05, 4.69) is 10.3 Å². The summed E-state index contributed by atoms with van der Waals surface area (Å²) in [5, 5.41) is 12.5. The molecule has 1 heterocycles. The van der Waals surface area contributed by atoms with E-state index in [9.17, 15) is 23.1 Å². The van der Waals surface area contributed by atoms with Crippen molar-refractivity contribution in [3.8, 4) is 5.75 Å². The summed E-state index contributed by atoms with van der Waals surface area (Å²) >= 11 is 5.62. The molecule has 1 unspecified atom stereocenters. The number of nitrogens with one attached hydrogen (secondary N) is 1. The molecule has 2 N–H and O–H groups in total. The van der Waals surface area contributed by atoms with Gasteiger partial charge in [-0.2, -0.15) is 13.2 Å². The van der Waals surface area contributed by atoms with Crippen molar-refractivity contribution in [2.75, 3.05) is 13.2 Å². The van der Waals surface area contributed by atoms with Crippen LogP contribution in [0.25, 0.3) is 0 Å². The highest BCUT2D eigenvalue weighted by Crippen LogP contribution is 2.30. The molecule has 0 fully saturated rings. The fourth-order valence-electron chi connectivity index (χ4n) is 1.81. The standard InChI is InChI=1S/C16H14ClF3N2O3/c17-14-6-1-10(7-21-14)15(24)22-8-12(23)9-25-13-4-2-11(3-5-13)16(18,19)20/h1-7,12,23H,8-9H2,(H,22,24). The molecule has 0 saturated carbocycles. The number of nitrogens with zero attached hydrogens (tertiary/aromatic N) is 1. The van der Waals surface area contributed by atoms with Crippen LogP contribution >= 0.6 is 11.6 Å². The van der Waals surface area contributed by atoms with Crippen molar-refractivity contribution in [2.24, 2.45) is 0 Å². The number of pyridine rings is 1. The molecule has 5 nitrogen and oxygen atoms in total. The monoisotopic (exact) mass is 374 g/mol. The average molecular weight is 375 g/mol. The maximum atomic E-state index is 12.4. The van der Waals surface area contributed by atoms with Gasteiger partial charge >= 0.3 is 6.18 Å². The van der Waals surface area contributed by atoms with Gasteiger partial charge in [0.25, 0.3) is 5.91 Å². The fraction of sp³-hybridized carbons (Fsp3) is 0.250. The lowest BCUT2D eigenvalue weighted by molar-refractivity contribution is -0.137. The molecule has 0 aliphatic carbocycles. The summed E-state index contributed by atoms with van der Waals surface area (Å²) in [4.78, 5) is 15.6. The molecule has 0 aliphatic heterocycles. The van der Waals surface area contributed by atoms with E-state index in [1.165, 1.54) is 18.3 Å². The third-order valence-corrected chi connectivity index (χ3v) is 3.34. The summed E-state index contributed by atoms with van der Waals surface area (Å²) in [6.07, 6.45) is -4.16. The third kappa shape index (κ3) is 5.91. The SMILES string of the molecule is O=C(NCC(O)COc1ccc(C(F)(F)F)cc1)c1ccc(Cl)nc1. The van der Waals surface area contributed by atoms with Crippen LogP contribution in [0.1, 0.15) is 15.9 Å². The number of rotatable bonds is 6. The number of carbonyl (C=O) groups excluding carboxylic acids is 1. The Labute approximate surface area is 146 Å². The number of ether oxygens (including phenoxy) is 1. The number of hydrogen-bond acceptors (Lipinski definition) is 4. The summed E-state index contributed by atoms with van der Waals surface area (Å²) in [5.74, 6) is -0.266. The first-order valence-corrected chi connectivity index (χ1v) is 7.51. The Bertz CT molecular complexity index is 706. The molecule has 0 saturated heterocycles. The number of carbonyl (C=O) groups is 1. The van der Waals surface area contributed by atoms with E-state index >= 15 is 0 Å². The van der Waals surface area contributed by atoms with Crippen LogP contribution in [0.5, 0.6) is 5.75 Å². The van der Waals surface area contributed by atoms with E-state index in [-0.39, 0.29) is 29.6 Å². The van der Waals surface area contributed by atoms with Gasteiger partial charge < -0.3 is 15.2 Å². The Morgan fingerprint density at radius 3 is 2.48 bits per heavy atom. The zero-order valence-corrected chi connectivity index (χ0v) is 13.5. The normalized spacial score (nSPS) is 12.5. The molecule has 2 aromatic rings. The van der Waals surface area contributed by atoms with Crippen molar-refractivity contribution in [3.05, 3.63) is 58.9 Å². The Kier molecular flexibility index (Phi) is 6.22. The number of aromatic nitrogens is 1. The first kappa shape index (κ1) is 19.0. The van der Waals surface area contributed by atoms with Crippen LogP contribution in [-0.4, -0.2) is 35.3 Å². The van der Waals surface area contributed by atoms with Crippen LogP contribution in [-0.2, 0) is 6.18 Å². The zero-order valence-electron chi connectivity index (χ0n) is 12.8. The molecule has 9 heteroatoms. The summed E-state index contributed by atoms with van der Waals surface area (Å²) in [6.45, 7) is -0.285. The molecule has 1 atom stereocenters. The average Bonchev–Trinajstić information content (AvgIpc) is 2.58. The molecule has 1 aromatic heterocycles. The smallest absolute Gasteiger partial charge is 0.416 e. The minimum atomic E-state index is -4.42. The number of aliphatic hydroxyl groups excluding tert-OH is 1. The molecule has 1 amide bonds. The maximum Gasteiger partial charge on any atom is 0.416 e.